The molecule has 228 valence electrons. The van der Waals surface area contributed by atoms with Gasteiger partial charge in [0.05, 0.1) is 28.4 Å². The molecule has 0 radical (unpaired) electrons. The molecule has 0 unspecified atom stereocenters. The highest BCUT2D eigenvalue weighted by Crippen LogP contribution is 2.38. The van der Waals surface area contributed by atoms with Crippen LogP contribution in [0.4, 0.5) is 0 Å². The van der Waals surface area contributed by atoms with Crippen LogP contribution in [-0.4, -0.2) is 89.9 Å². The van der Waals surface area contributed by atoms with Gasteiger partial charge in [-0.05, 0) is 24.3 Å². The van der Waals surface area contributed by atoms with E-state index in [4.69, 9.17) is 70.4 Å². The summed E-state index contributed by atoms with van der Waals surface area (Å²) in [6, 6.07) is 4.94. The lowest BCUT2D eigenvalue weighted by Crippen LogP contribution is -2.46. The van der Waals surface area contributed by atoms with Gasteiger partial charge < -0.3 is 49.7 Å². The van der Waals surface area contributed by atoms with E-state index in [1.807, 2.05) is 0 Å². The van der Waals surface area contributed by atoms with Crippen molar-refractivity contribution in [2.24, 2.45) is 23.2 Å². The minimum atomic E-state index is -5.17. The van der Waals surface area contributed by atoms with E-state index in [0.29, 0.717) is 10.0 Å². The highest BCUT2D eigenvalue weighted by Gasteiger charge is 2.21. The number of methoxy groups -OCH3 is 4. The Morgan fingerprint density at radius 1 is 0.732 bits per heavy atom. The Balaban J connectivity index is 0.000000671. The number of amides is 2. The molecule has 0 aliphatic heterocycles. The van der Waals surface area contributed by atoms with E-state index in [1.165, 1.54) is 40.6 Å². The van der Waals surface area contributed by atoms with Crippen molar-refractivity contribution in [2.45, 2.75) is 0 Å². The van der Waals surface area contributed by atoms with E-state index >= 15 is 0 Å². The highest BCUT2D eigenvalue weighted by atomic mass is 32.3. The predicted molar refractivity (Wildman–Crippen MR) is 137 cm³/mol. The number of rotatable bonds is 6. The van der Waals surface area contributed by atoms with Crippen molar-refractivity contribution >= 4 is 34.1 Å². The first-order valence-electron chi connectivity index (χ1n) is 10.3. The van der Waals surface area contributed by atoms with Crippen molar-refractivity contribution in [2.75, 3.05) is 28.4 Å². The predicted octanol–water partition coefficient (Wildman–Crippen LogP) is -2.10. The molecule has 0 saturated heterocycles. The van der Waals surface area contributed by atoms with E-state index in [2.05, 4.69) is 0 Å². The van der Waals surface area contributed by atoms with Gasteiger partial charge in [-0.1, -0.05) is 0 Å². The number of phenols is 2. The van der Waals surface area contributed by atoms with Gasteiger partial charge in [-0.2, -0.15) is 0 Å². The van der Waals surface area contributed by atoms with Gasteiger partial charge in [0, 0.05) is 21.5 Å². The minimum absolute atomic E-state index is 0.0165. The number of hydrogen-bond acceptors (Lipinski definition) is 16. The van der Waals surface area contributed by atoms with Crippen LogP contribution in [0.2, 0.25) is 0 Å². The fraction of sp³-hybridized carbons (Fsp3) is 0.200. The minimum Gasteiger partial charge on any atom is -0.759 e. The molecule has 20 nitrogen and oxygen atoms in total. The van der Waals surface area contributed by atoms with Crippen molar-refractivity contribution < 1.29 is 56.3 Å². The number of aromatic hydroxyl groups is 2. The first-order valence-corrected chi connectivity index (χ1v) is 11.6. The average Bonchev–Trinajstić information content (AvgIpc) is 2.89. The molecule has 0 bridgehead atoms. The zero-order valence-corrected chi connectivity index (χ0v) is 22.7. The molecule has 0 heterocycles. The van der Waals surface area contributed by atoms with E-state index < -0.39 is 34.1 Å². The maximum atomic E-state index is 11.8. The van der Waals surface area contributed by atoms with E-state index in [0.717, 1.165) is 12.1 Å². The zero-order chi connectivity index (χ0) is 32.2. The third-order valence-electron chi connectivity index (χ3n) is 4.37. The fourth-order valence-electron chi connectivity index (χ4n) is 2.63. The Kier molecular flexibility index (Phi) is 13.6. The molecule has 0 spiro atoms. The quantitative estimate of drug-likeness (QED) is 0.0333. The average molecular weight is 605 g/mol. The zero-order valence-electron chi connectivity index (χ0n) is 21.9. The summed E-state index contributed by atoms with van der Waals surface area (Å²) >= 11 is 0. The van der Waals surface area contributed by atoms with Gasteiger partial charge in [-0.3, -0.25) is 28.8 Å². The monoisotopic (exact) mass is 604 g/mol. The van der Waals surface area contributed by atoms with Crippen LogP contribution in [0.3, 0.4) is 0 Å². The van der Waals surface area contributed by atoms with Crippen LogP contribution in [0.25, 0.3) is 0 Å². The highest BCUT2D eigenvalue weighted by molar-refractivity contribution is 7.79. The lowest BCUT2D eigenvalue weighted by molar-refractivity contribution is 0.0836. The number of nitrogens with zero attached hydrogens (tertiary/aromatic N) is 2. The van der Waals surface area contributed by atoms with Gasteiger partial charge in [-0.15, -0.1) is 0 Å². The van der Waals surface area contributed by atoms with Crippen LogP contribution in [-0.2, 0) is 10.4 Å². The second kappa shape index (κ2) is 15.5. The Labute approximate surface area is 233 Å². The molecular weight excluding hydrogens is 576 g/mol. The van der Waals surface area contributed by atoms with Crippen LogP contribution in [0.5, 0.6) is 34.5 Å². The first kappa shape index (κ1) is 35.9. The number of hydrazine groups is 2. The molecular formula is C20H28N8O12S-2. The Morgan fingerprint density at radius 2 is 1.00 bits per heavy atom. The van der Waals surface area contributed by atoms with Crippen molar-refractivity contribution in [3.05, 3.63) is 35.4 Å². The number of hydrogen-bond donors (Lipinski definition) is 8. The van der Waals surface area contributed by atoms with E-state index in [1.54, 1.807) is 0 Å². The lowest BCUT2D eigenvalue weighted by Gasteiger charge is -2.16. The standard InChI is InChI=1S/2C10H14N4O4.H2O4S/c2*1-17-7-4-5(3-6(15)8(7)18-2)9(16)14(13)10(11)12;1-5(2,3)4/h2*3-4,15H,13H2,1-2H3,(H3,11,12);(H2,1,2,3,4)/p-2. The third kappa shape index (κ3) is 10.9. The Hall–Kier alpha value is -5.09. The van der Waals surface area contributed by atoms with Crippen LogP contribution < -0.4 is 42.1 Å². The second-order valence-corrected chi connectivity index (χ2v) is 7.81. The van der Waals surface area contributed by atoms with Crippen molar-refractivity contribution in [1.29, 1.82) is 10.8 Å². The molecule has 0 atom stereocenters. The van der Waals surface area contributed by atoms with Gasteiger partial charge in [0.2, 0.25) is 23.4 Å². The van der Waals surface area contributed by atoms with Crippen LogP contribution in [0, 0.1) is 10.8 Å². The largest absolute Gasteiger partial charge is 0.759 e. The molecule has 2 aromatic carbocycles. The maximum absolute atomic E-state index is 11.8. The SMILES string of the molecule is COc1cc(C(=O)N(N)C(=N)N)cc(O)c1OC.COc1cc(C(=O)N(N)C(=N)N)cc(O)c1OC.O=S(=O)([O-])[O-]. The number of nitrogens with one attached hydrogen (secondary N) is 2. The Morgan fingerprint density at radius 3 is 1.20 bits per heavy atom. The maximum Gasteiger partial charge on any atom is 0.275 e. The van der Waals surface area contributed by atoms with Crippen LogP contribution in [0.15, 0.2) is 24.3 Å². The topological polar surface area (TPSA) is 350 Å². The first-order chi connectivity index (χ1) is 18.8. The molecule has 0 aromatic heterocycles. The number of carbonyl (C=O) groups is 2. The summed E-state index contributed by atoms with van der Waals surface area (Å²) in [7, 11) is 0.251. The summed E-state index contributed by atoms with van der Waals surface area (Å²) in [4.78, 5) is 23.6. The van der Waals surface area contributed by atoms with Crippen molar-refractivity contribution in [1.82, 2.24) is 10.0 Å². The van der Waals surface area contributed by atoms with Gasteiger partial charge in [0.25, 0.3) is 11.8 Å². The smallest absolute Gasteiger partial charge is 0.275 e. The van der Waals surface area contributed by atoms with Crippen molar-refractivity contribution in [3.8, 4) is 34.5 Å². The summed E-state index contributed by atoms with van der Waals surface area (Å²) in [6.45, 7) is 0. The molecule has 2 rings (SSSR count). The molecule has 0 saturated carbocycles. The molecule has 12 N–H and O–H groups in total. The summed E-state index contributed by atoms with van der Waals surface area (Å²) in [6.07, 6.45) is 0. The fourth-order valence-corrected chi connectivity index (χ4v) is 2.63. The summed E-state index contributed by atoms with van der Waals surface area (Å²) in [5, 5.41) is 34.3. The molecule has 41 heavy (non-hydrogen) atoms. The third-order valence-corrected chi connectivity index (χ3v) is 4.37. The number of carbonyl (C=O) groups excluding carboxylic acids is 2. The van der Waals surface area contributed by atoms with Gasteiger partial charge in [0.15, 0.2) is 23.0 Å². The van der Waals surface area contributed by atoms with Crippen molar-refractivity contribution in [3.63, 3.8) is 0 Å². The number of benzene rings is 2. The van der Waals surface area contributed by atoms with Crippen LogP contribution in [0.1, 0.15) is 20.7 Å². The molecule has 2 aromatic rings. The van der Waals surface area contributed by atoms with Gasteiger partial charge in [0.1, 0.15) is 0 Å². The molecule has 0 fully saturated rings. The molecule has 0 aliphatic rings. The number of guanidine groups is 2. The normalized spacial score (nSPS) is 9.95. The van der Waals surface area contributed by atoms with E-state index in [-0.39, 0.29) is 45.6 Å². The molecule has 0 aliphatic carbocycles. The summed E-state index contributed by atoms with van der Waals surface area (Å²) in [5.41, 5.74) is 10.2. The number of ether oxygens (including phenoxy) is 4. The number of nitrogens with two attached hydrogens (primary N) is 4. The second-order valence-electron chi connectivity index (χ2n) is 6.99. The summed E-state index contributed by atoms with van der Waals surface area (Å²) < 4.78 is 53.8. The van der Waals surface area contributed by atoms with Gasteiger partial charge >= 0.3 is 0 Å². The molecule has 21 heteroatoms. The van der Waals surface area contributed by atoms with Crippen LogP contribution >= 0.6 is 0 Å². The summed E-state index contributed by atoms with van der Waals surface area (Å²) in [5.74, 6) is 7.80. The molecule has 2 amide bonds. The van der Waals surface area contributed by atoms with E-state index in [9.17, 15) is 19.8 Å². The van der Waals surface area contributed by atoms with Gasteiger partial charge in [-0.25, -0.2) is 21.7 Å². The lowest BCUT2D eigenvalue weighted by atomic mass is 10.1. The number of phenolic OH excluding ortho intramolecular Hbond substituents is 2. The Bertz CT molecular complexity index is 1290.